The van der Waals surface area contributed by atoms with E-state index in [1.807, 2.05) is 42.7 Å². The molecule has 11 N–H and O–H groups in total. The van der Waals surface area contributed by atoms with Gasteiger partial charge in [-0.15, -0.1) is 0 Å². The van der Waals surface area contributed by atoms with Crippen molar-refractivity contribution in [2.24, 2.45) is 17.6 Å². The number of aliphatic carboxylic acids is 1. The standard InChI is InChI=1S/C55H60N4O14S2/c1-32(6-4-9-34-7-2-3-8-35(34)10-5-23-57-24-21-33-11-15-38(61)16-12-33)42-28-59-52(68)55(69)53(73-48(51(66)67)49(64)54(55,30-60)70-31-75-74-29-43(42)37-22-25-58-27-37)71-40-19-20-41-44(26-40)72-47(50(56)65)45(46(41)63)36-13-17-39(62)18-14-36/h2-4,7-9,11-20,22,25-27,30,32,42-43,48-49,52-53,57-59,61-62,64,68-69H,5-6,10,21,23-24,28-29,31H2,1H3,(H2,56,65)(H,66,67). The van der Waals surface area contributed by atoms with E-state index in [0.717, 1.165) is 65.9 Å². The number of phenols is 2. The number of nitrogens with two attached hydrogens (primary N) is 1. The van der Waals surface area contributed by atoms with Gasteiger partial charge in [0.2, 0.25) is 23.1 Å². The molecule has 2 saturated heterocycles. The van der Waals surface area contributed by atoms with Crippen LogP contribution in [-0.4, -0.2) is 121 Å². The average Bonchev–Trinajstić information content (AvgIpc) is 3.96. The molecule has 2 aromatic heterocycles. The highest BCUT2D eigenvalue weighted by molar-refractivity contribution is 8.76. The van der Waals surface area contributed by atoms with Crippen LogP contribution < -0.4 is 26.5 Å². The largest absolute Gasteiger partial charge is 0.508 e. The molecule has 2 fully saturated rings. The van der Waals surface area contributed by atoms with Crippen LogP contribution in [0.3, 0.4) is 0 Å². The summed E-state index contributed by atoms with van der Waals surface area (Å²) in [6.45, 7) is 3.75. The van der Waals surface area contributed by atoms with Crippen molar-refractivity contribution in [3.63, 3.8) is 0 Å². The van der Waals surface area contributed by atoms with Gasteiger partial charge in [-0.1, -0.05) is 89.2 Å². The number of H-pyrrole nitrogens is 1. The molecule has 6 aromatic rings. The van der Waals surface area contributed by atoms with Crippen molar-refractivity contribution < 1.29 is 63.7 Å². The van der Waals surface area contributed by atoms with E-state index in [1.165, 1.54) is 52.8 Å². The topological polar surface area (TPSA) is 296 Å². The lowest BCUT2D eigenvalue weighted by Gasteiger charge is -2.55. The highest BCUT2D eigenvalue weighted by atomic mass is 33.1. The minimum Gasteiger partial charge on any atom is -0.508 e. The van der Waals surface area contributed by atoms with Gasteiger partial charge in [0.15, 0.2) is 18.0 Å². The molecule has 4 aromatic carbocycles. The highest BCUT2D eigenvalue weighted by Gasteiger charge is 2.72. The Labute approximate surface area is 439 Å². The maximum Gasteiger partial charge on any atom is 0.335 e. The van der Waals surface area contributed by atoms with Crippen molar-refractivity contribution in [3.05, 3.63) is 154 Å². The first-order chi connectivity index (χ1) is 36.1. The Morgan fingerprint density at radius 2 is 1.72 bits per heavy atom. The number of ether oxygens (including phenoxy) is 3. The van der Waals surface area contributed by atoms with Crippen LogP contribution >= 0.6 is 21.6 Å². The molecule has 9 unspecified atom stereocenters. The predicted octanol–water partition coefficient (Wildman–Crippen LogP) is 5.70. The maximum absolute atomic E-state index is 13.9. The fraction of sp³-hybridized carbons (Fsp3) is 0.345. The first-order valence-corrected chi connectivity index (χ1v) is 26.9. The van der Waals surface area contributed by atoms with E-state index < -0.39 is 59.0 Å². The summed E-state index contributed by atoms with van der Waals surface area (Å²) in [5, 5.41) is 73.3. The number of primary amides is 1. The van der Waals surface area contributed by atoms with E-state index in [2.05, 4.69) is 46.8 Å². The van der Waals surface area contributed by atoms with Gasteiger partial charge < -0.3 is 65.3 Å². The number of rotatable bonds is 18. The summed E-state index contributed by atoms with van der Waals surface area (Å²) in [6, 6.07) is 26.5. The number of aryl methyl sites for hydroxylation is 1. The lowest BCUT2D eigenvalue weighted by Crippen LogP contribution is -2.82. The number of carboxylic acids is 1. The van der Waals surface area contributed by atoms with E-state index in [9.17, 15) is 49.8 Å². The number of carboxylic acid groups (broad SMARTS) is 1. The molecule has 396 valence electrons. The number of phenolic OH excluding ortho intramolecular Hbond substituents is 2. The number of carbonyl (C=O) groups excluding carboxylic acids is 2. The summed E-state index contributed by atoms with van der Waals surface area (Å²) in [5.41, 5.74) is 3.23. The molecule has 4 heterocycles. The minimum atomic E-state index is -3.11. The first-order valence-electron chi connectivity index (χ1n) is 24.4. The van der Waals surface area contributed by atoms with Gasteiger partial charge >= 0.3 is 5.97 Å². The Bertz CT molecular complexity index is 3010. The van der Waals surface area contributed by atoms with Gasteiger partial charge in [0.25, 0.3) is 5.91 Å². The number of hydrogen-bond acceptors (Lipinski definition) is 17. The van der Waals surface area contributed by atoms with E-state index in [4.69, 9.17) is 24.4 Å². The normalized spacial score (nSPS) is 24.9. The van der Waals surface area contributed by atoms with Gasteiger partial charge in [-0.2, -0.15) is 0 Å². The Kier molecular flexibility index (Phi) is 17.9. The second kappa shape index (κ2) is 24.5. The summed E-state index contributed by atoms with van der Waals surface area (Å²) in [5.74, 6) is -3.80. The Balaban J connectivity index is 1.05. The third-order valence-corrected chi connectivity index (χ3v) is 16.1. The number of aromatic hydroxyl groups is 2. The van der Waals surface area contributed by atoms with Crippen LogP contribution in [0, 0.1) is 11.8 Å². The van der Waals surface area contributed by atoms with Crippen molar-refractivity contribution in [1.82, 2.24) is 15.6 Å². The third-order valence-electron chi connectivity index (χ3n) is 14.0. The van der Waals surface area contributed by atoms with Gasteiger partial charge in [-0.05, 0) is 127 Å². The predicted molar refractivity (Wildman–Crippen MR) is 284 cm³/mol. The molecule has 2 aliphatic heterocycles. The van der Waals surface area contributed by atoms with Crippen LogP contribution in [0.5, 0.6) is 17.2 Å². The number of aliphatic hydroxyl groups is 3. The number of hydrogen-bond donors (Lipinski definition) is 10. The van der Waals surface area contributed by atoms with Crippen LogP contribution in [-0.2, 0) is 31.9 Å². The van der Waals surface area contributed by atoms with Crippen LogP contribution in [0.25, 0.3) is 28.2 Å². The van der Waals surface area contributed by atoms with E-state index in [1.54, 1.807) is 12.1 Å². The number of carbonyl (C=O) groups is 3. The van der Waals surface area contributed by atoms with Crippen molar-refractivity contribution in [1.29, 1.82) is 0 Å². The van der Waals surface area contributed by atoms with Crippen LogP contribution in [0.15, 0.2) is 125 Å². The SMILES string of the molecule is CC(CC=Cc1ccccc1CCCNCCc1ccc(O)cc1)C1CNC(O)C2(O)C(Oc3ccc4c(=O)c(-c5ccc(O)cc5)c(C(N)=O)oc4c3)OC(C(=O)O)C(O)C2(C=O)OCSSCC1c1cc[nH]c1. The molecule has 75 heavy (non-hydrogen) atoms. The molecule has 1 amide bonds. The van der Waals surface area contributed by atoms with Gasteiger partial charge in [0, 0.05) is 30.8 Å². The van der Waals surface area contributed by atoms with Gasteiger partial charge in [0.05, 0.1) is 10.9 Å². The summed E-state index contributed by atoms with van der Waals surface area (Å²) in [4.78, 5) is 56.0. The smallest absolute Gasteiger partial charge is 0.335 e. The third kappa shape index (κ3) is 12.0. The van der Waals surface area contributed by atoms with Gasteiger partial charge in [-0.3, -0.25) is 19.7 Å². The number of benzene rings is 4. The van der Waals surface area contributed by atoms with Crippen molar-refractivity contribution >= 4 is 56.8 Å². The summed E-state index contributed by atoms with van der Waals surface area (Å²) >= 11 is 0. The summed E-state index contributed by atoms with van der Waals surface area (Å²) in [7, 11) is 2.57. The second-order valence-corrected chi connectivity index (χ2v) is 21.2. The molecule has 20 heteroatoms. The molecule has 0 bridgehead atoms. The zero-order chi connectivity index (χ0) is 53.3. The number of allylic oxidation sites excluding steroid dienone is 1. The fourth-order valence-corrected chi connectivity index (χ4v) is 11.9. The highest BCUT2D eigenvalue weighted by Crippen LogP contribution is 2.46. The van der Waals surface area contributed by atoms with Crippen molar-refractivity contribution in [3.8, 4) is 28.4 Å². The molecule has 0 saturated carbocycles. The van der Waals surface area contributed by atoms with Crippen molar-refractivity contribution in [2.75, 3.05) is 31.3 Å². The van der Waals surface area contributed by atoms with Gasteiger partial charge in [0.1, 0.15) is 41.1 Å². The molecule has 18 nitrogen and oxygen atoms in total. The van der Waals surface area contributed by atoms with Gasteiger partial charge in [-0.25, -0.2) is 4.79 Å². The van der Waals surface area contributed by atoms with Crippen LogP contribution in [0.1, 0.15) is 58.5 Å². The number of amides is 1. The number of aldehydes is 1. The summed E-state index contributed by atoms with van der Waals surface area (Å²) < 4.78 is 23.8. The zero-order valence-corrected chi connectivity index (χ0v) is 42.5. The Morgan fingerprint density at radius 3 is 2.43 bits per heavy atom. The lowest BCUT2D eigenvalue weighted by atomic mass is 9.72. The molecule has 0 radical (unpaired) electrons. The Morgan fingerprint density at radius 1 is 0.973 bits per heavy atom. The van der Waals surface area contributed by atoms with Crippen LogP contribution in [0.2, 0.25) is 0 Å². The molecule has 8 rings (SSSR count). The number of aromatic nitrogens is 1. The molecule has 2 aliphatic rings. The monoisotopic (exact) mass is 1060 g/mol. The molecule has 9 atom stereocenters. The first kappa shape index (κ1) is 54.8. The fourth-order valence-electron chi connectivity index (χ4n) is 9.83. The average molecular weight is 1070 g/mol. The maximum atomic E-state index is 13.9. The molecule has 0 aliphatic carbocycles. The van der Waals surface area contributed by atoms with E-state index >= 15 is 0 Å². The second-order valence-electron chi connectivity index (χ2n) is 18.7. The quantitative estimate of drug-likeness (QED) is 0.0281. The number of nitrogens with one attached hydrogen (secondary N) is 3. The number of fused-ring (bicyclic) bond motifs is 2. The summed E-state index contributed by atoms with van der Waals surface area (Å²) in [6.07, 6.45) is 2.10. The lowest BCUT2D eigenvalue weighted by molar-refractivity contribution is -0.364. The zero-order valence-electron chi connectivity index (χ0n) is 40.9. The molecule has 0 spiro atoms. The number of aromatic amines is 1. The molecular formula is C55H60N4O14S2. The number of aliphatic hydroxyl groups excluding tert-OH is 2. The van der Waals surface area contributed by atoms with Crippen LogP contribution in [0.4, 0.5) is 0 Å². The van der Waals surface area contributed by atoms with Crippen molar-refractivity contribution in [2.45, 2.75) is 74.5 Å². The van der Waals surface area contributed by atoms with E-state index in [-0.39, 0.29) is 75.9 Å². The molecular weight excluding hydrogens is 1000 g/mol. The van der Waals surface area contributed by atoms with E-state index in [0.29, 0.717) is 12.2 Å². The Hall–Kier alpha value is -6.46. The minimum absolute atomic E-state index is 0.0103.